The topological polar surface area (TPSA) is 99.6 Å². The van der Waals surface area contributed by atoms with E-state index in [0.29, 0.717) is 0 Å². The van der Waals surface area contributed by atoms with Crippen molar-refractivity contribution in [2.75, 3.05) is 6.61 Å². The SMILES string of the molecule is CCCC(CC)Oc1cccc(S/C(N)=C(/NN)C(=O)OCC)c1. The van der Waals surface area contributed by atoms with E-state index in [1.54, 1.807) is 6.92 Å². The number of rotatable bonds is 10. The molecular weight excluding hydrogens is 326 g/mol. The molecule has 0 bridgehead atoms. The Hall–Kier alpha value is -1.86. The highest BCUT2D eigenvalue weighted by atomic mass is 32.2. The molecule has 0 spiro atoms. The van der Waals surface area contributed by atoms with Gasteiger partial charge in [-0.05, 0) is 38.0 Å². The Labute approximate surface area is 147 Å². The van der Waals surface area contributed by atoms with Crippen LogP contribution in [0.15, 0.2) is 39.9 Å². The zero-order valence-corrected chi connectivity index (χ0v) is 15.3. The van der Waals surface area contributed by atoms with Gasteiger partial charge in [0, 0.05) is 4.90 Å². The fraction of sp³-hybridized carbons (Fsp3) is 0.471. The van der Waals surface area contributed by atoms with E-state index in [0.717, 1.165) is 29.9 Å². The standard InChI is InChI=1S/C17H27N3O3S/c1-4-8-12(5-2)23-13-9-7-10-14(11-13)24-16(18)15(20-19)17(21)22-6-3/h7,9-12,20H,4-6,8,18-19H2,1-3H3/b16-15+. The zero-order valence-electron chi connectivity index (χ0n) is 14.5. The van der Waals surface area contributed by atoms with E-state index >= 15 is 0 Å². The first-order chi connectivity index (χ1) is 11.5. The third-order valence-electron chi connectivity index (χ3n) is 3.27. The summed E-state index contributed by atoms with van der Waals surface area (Å²) in [5, 5.41) is 0.244. The predicted molar refractivity (Wildman–Crippen MR) is 97.1 cm³/mol. The smallest absolute Gasteiger partial charge is 0.358 e. The minimum Gasteiger partial charge on any atom is -0.490 e. The van der Waals surface area contributed by atoms with E-state index in [9.17, 15) is 4.79 Å². The van der Waals surface area contributed by atoms with Gasteiger partial charge < -0.3 is 20.6 Å². The number of thioether (sulfide) groups is 1. The zero-order chi connectivity index (χ0) is 17.9. The number of carbonyl (C=O) groups is 1. The van der Waals surface area contributed by atoms with Gasteiger partial charge in [-0.15, -0.1) is 0 Å². The lowest BCUT2D eigenvalue weighted by Gasteiger charge is -2.17. The van der Waals surface area contributed by atoms with Crippen LogP contribution in [0, 0.1) is 0 Å². The number of carbonyl (C=O) groups excluding carboxylic acids is 1. The van der Waals surface area contributed by atoms with Gasteiger partial charge in [0.2, 0.25) is 0 Å². The summed E-state index contributed by atoms with van der Waals surface area (Å²) in [6, 6.07) is 7.60. The summed E-state index contributed by atoms with van der Waals surface area (Å²) in [5.74, 6) is 5.59. The van der Waals surface area contributed by atoms with Crippen LogP contribution in [0.5, 0.6) is 5.75 Å². The average Bonchev–Trinajstić information content (AvgIpc) is 2.55. The van der Waals surface area contributed by atoms with E-state index in [-0.39, 0.29) is 23.4 Å². The summed E-state index contributed by atoms with van der Waals surface area (Å²) in [6.45, 7) is 6.22. The molecule has 134 valence electrons. The quantitative estimate of drug-likeness (QED) is 0.195. The van der Waals surface area contributed by atoms with Crippen molar-refractivity contribution < 1.29 is 14.3 Å². The molecule has 0 saturated carbocycles. The fourth-order valence-corrected chi connectivity index (χ4v) is 2.90. The lowest BCUT2D eigenvalue weighted by Crippen LogP contribution is -2.30. The Morgan fingerprint density at radius 1 is 1.33 bits per heavy atom. The molecule has 0 saturated heterocycles. The van der Waals surface area contributed by atoms with Crippen LogP contribution in [0.4, 0.5) is 0 Å². The van der Waals surface area contributed by atoms with Crippen molar-refractivity contribution in [2.24, 2.45) is 11.6 Å². The van der Waals surface area contributed by atoms with Crippen molar-refractivity contribution in [3.05, 3.63) is 35.0 Å². The van der Waals surface area contributed by atoms with Crippen LogP contribution in [-0.4, -0.2) is 18.7 Å². The summed E-state index contributed by atoms with van der Waals surface area (Å²) in [7, 11) is 0. The van der Waals surface area contributed by atoms with Crippen LogP contribution < -0.4 is 21.7 Å². The second-order valence-electron chi connectivity index (χ2n) is 5.12. The molecule has 0 amide bonds. The summed E-state index contributed by atoms with van der Waals surface area (Å²) >= 11 is 1.23. The molecule has 24 heavy (non-hydrogen) atoms. The van der Waals surface area contributed by atoms with Gasteiger partial charge in [-0.3, -0.25) is 5.84 Å². The monoisotopic (exact) mass is 353 g/mol. The van der Waals surface area contributed by atoms with Crippen molar-refractivity contribution in [2.45, 2.75) is 51.0 Å². The van der Waals surface area contributed by atoms with Gasteiger partial charge in [0.1, 0.15) is 10.8 Å². The molecule has 0 heterocycles. The van der Waals surface area contributed by atoms with E-state index < -0.39 is 5.97 Å². The molecular formula is C17H27N3O3S. The Balaban J connectivity index is 2.87. The van der Waals surface area contributed by atoms with Crippen LogP contribution in [0.25, 0.3) is 0 Å². The Bertz CT molecular complexity index is 564. The molecule has 1 unspecified atom stereocenters. The van der Waals surface area contributed by atoms with Gasteiger partial charge >= 0.3 is 5.97 Å². The summed E-state index contributed by atoms with van der Waals surface area (Å²) in [6.07, 6.45) is 3.24. The van der Waals surface area contributed by atoms with E-state index in [1.165, 1.54) is 11.8 Å². The van der Waals surface area contributed by atoms with Gasteiger partial charge in [0.25, 0.3) is 0 Å². The van der Waals surface area contributed by atoms with Gasteiger partial charge in [-0.2, -0.15) is 0 Å². The number of ether oxygens (including phenoxy) is 2. The molecule has 0 aromatic heterocycles. The number of hydrogen-bond acceptors (Lipinski definition) is 7. The number of nitrogens with one attached hydrogen (secondary N) is 1. The van der Waals surface area contributed by atoms with Gasteiger partial charge in [0.05, 0.1) is 12.7 Å². The van der Waals surface area contributed by atoms with Crippen LogP contribution in [-0.2, 0) is 9.53 Å². The van der Waals surface area contributed by atoms with Crippen molar-refractivity contribution >= 4 is 17.7 Å². The van der Waals surface area contributed by atoms with Crippen LogP contribution in [0.3, 0.4) is 0 Å². The third kappa shape index (κ3) is 6.33. The van der Waals surface area contributed by atoms with Crippen LogP contribution >= 0.6 is 11.8 Å². The molecule has 0 radical (unpaired) electrons. The molecule has 5 N–H and O–H groups in total. The molecule has 0 fully saturated rings. The lowest BCUT2D eigenvalue weighted by molar-refractivity contribution is -0.139. The molecule has 0 aliphatic heterocycles. The van der Waals surface area contributed by atoms with Crippen molar-refractivity contribution in [3.8, 4) is 5.75 Å². The summed E-state index contributed by atoms with van der Waals surface area (Å²) in [5.41, 5.74) is 8.33. The highest BCUT2D eigenvalue weighted by Crippen LogP contribution is 2.29. The van der Waals surface area contributed by atoms with Crippen molar-refractivity contribution in [1.29, 1.82) is 0 Å². The maximum atomic E-state index is 11.8. The minimum atomic E-state index is -0.577. The summed E-state index contributed by atoms with van der Waals surface area (Å²) in [4.78, 5) is 12.6. The molecule has 1 aromatic carbocycles. The number of benzene rings is 1. The number of nitrogens with two attached hydrogens (primary N) is 2. The Kier molecular flexibility index (Phi) is 9.11. The first-order valence-corrected chi connectivity index (χ1v) is 8.95. The normalized spacial score (nSPS) is 13.0. The molecule has 7 heteroatoms. The molecule has 1 atom stereocenters. The average molecular weight is 353 g/mol. The van der Waals surface area contributed by atoms with Gasteiger partial charge in [-0.1, -0.05) is 38.1 Å². The first-order valence-electron chi connectivity index (χ1n) is 8.13. The van der Waals surface area contributed by atoms with Crippen molar-refractivity contribution in [1.82, 2.24) is 5.43 Å². The lowest BCUT2D eigenvalue weighted by atomic mass is 10.1. The number of hydrazine groups is 1. The minimum absolute atomic E-state index is 0.0468. The molecule has 1 rings (SSSR count). The molecule has 0 aliphatic rings. The molecule has 1 aromatic rings. The molecule has 0 aliphatic carbocycles. The second kappa shape index (κ2) is 10.8. The third-order valence-corrected chi connectivity index (χ3v) is 4.19. The van der Waals surface area contributed by atoms with Gasteiger partial charge in [-0.25, -0.2) is 4.79 Å². The van der Waals surface area contributed by atoms with Gasteiger partial charge in [0.15, 0.2) is 5.70 Å². The van der Waals surface area contributed by atoms with Crippen LogP contribution in [0.1, 0.15) is 40.0 Å². The maximum Gasteiger partial charge on any atom is 0.358 e. The highest BCUT2D eigenvalue weighted by Gasteiger charge is 2.15. The maximum absolute atomic E-state index is 11.8. The largest absolute Gasteiger partial charge is 0.490 e. The van der Waals surface area contributed by atoms with Crippen molar-refractivity contribution in [3.63, 3.8) is 0 Å². The van der Waals surface area contributed by atoms with E-state index in [2.05, 4.69) is 19.3 Å². The number of esters is 1. The summed E-state index contributed by atoms with van der Waals surface area (Å²) < 4.78 is 10.9. The molecule has 6 nitrogen and oxygen atoms in total. The second-order valence-corrected chi connectivity index (χ2v) is 6.23. The Morgan fingerprint density at radius 2 is 2.08 bits per heavy atom. The number of hydrogen-bond donors (Lipinski definition) is 3. The Morgan fingerprint density at radius 3 is 2.67 bits per heavy atom. The predicted octanol–water partition coefficient (Wildman–Crippen LogP) is 2.89. The van der Waals surface area contributed by atoms with Crippen LogP contribution in [0.2, 0.25) is 0 Å². The fourth-order valence-electron chi connectivity index (χ4n) is 2.08. The van der Waals surface area contributed by atoms with E-state index in [1.807, 2.05) is 24.3 Å². The first kappa shape index (κ1) is 20.2. The highest BCUT2D eigenvalue weighted by molar-refractivity contribution is 8.03. The van der Waals surface area contributed by atoms with E-state index in [4.69, 9.17) is 21.1 Å².